The Hall–Kier alpha value is -3.04. The maximum absolute atomic E-state index is 13.5. The standard InChI is InChI=1S/C25H41NO4.C25H39NO4/c2*1-5-30-24(29)18-14-12-10-8-6-7-9-11-13-17(2)23(28)26-16-19-21(25(19,3)4)22(26)20(27)15-18/h17-19,21-22H,5-16H2,1-4H3;6-7,17-19,21-22H,5,8-16H2,1-4H3/b;7-6+/t2*17-,18+,19-,21-,22+/m00/s1. The van der Waals surface area contributed by atoms with Crippen LogP contribution in [0.4, 0.5) is 0 Å². The van der Waals surface area contributed by atoms with Crippen LogP contribution in [0.5, 0.6) is 0 Å². The Bertz CT molecular complexity index is 1550. The van der Waals surface area contributed by atoms with Crippen molar-refractivity contribution in [1.82, 2.24) is 9.80 Å². The summed E-state index contributed by atoms with van der Waals surface area (Å²) in [5.41, 5.74) is 0.214. The quantitative estimate of drug-likeness (QED) is 0.203. The third-order valence-corrected chi connectivity index (χ3v) is 15.7. The van der Waals surface area contributed by atoms with Gasteiger partial charge in [0.1, 0.15) is 0 Å². The number of Topliss-reactive ketones (excluding diaryl/α,β-unsaturated/α-hetero) is 2. The molecule has 0 aromatic carbocycles. The van der Waals surface area contributed by atoms with Gasteiger partial charge in [0.2, 0.25) is 11.8 Å². The maximum atomic E-state index is 13.5. The highest BCUT2D eigenvalue weighted by molar-refractivity contribution is 5.94. The Kier molecular flexibility index (Phi) is 17.1. The molecular formula is C50H80N2O8. The predicted octanol–water partition coefficient (Wildman–Crippen LogP) is 9.31. The zero-order valence-corrected chi connectivity index (χ0v) is 38.6. The van der Waals surface area contributed by atoms with Crippen LogP contribution < -0.4 is 0 Å². The summed E-state index contributed by atoms with van der Waals surface area (Å²) in [7, 11) is 0. The molecule has 0 N–H and O–H groups in total. The highest BCUT2D eigenvalue weighted by Crippen LogP contribution is 2.66. The number of allylic oxidation sites excluding steroid dienone is 2. The zero-order chi connectivity index (χ0) is 43.8. The Morgan fingerprint density at radius 3 is 1.37 bits per heavy atom. The molecular weight excluding hydrogens is 757 g/mol. The molecule has 60 heavy (non-hydrogen) atoms. The summed E-state index contributed by atoms with van der Waals surface area (Å²) in [6, 6.07) is -0.727. The van der Waals surface area contributed by atoms with E-state index in [1.807, 2.05) is 30.6 Å². The fourth-order valence-corrected chi connectivity index (χ4v) is 11.6. The van der Waals surface area contributed by atoms with E-state index in [1.54, 1.807) is 6.92 Å². The molecule has 0 unspecified atom stereocenters. The minimum atomic E-state index is -0.398. The lowest BCUT2D eigenvalue weighted by Crippen LogP contribution is -2.48. The number of amides is 2. The normalized spacial score (nSPS) is 35.7. The molecule has 10 heteroatoms. The number of hydrogen-bond acceptors (Lipinski definition) is 8. The molecule has 2 saturated carbocycles. The van der Waals surface area contributed by atoms with Gasteiger partial charge in [-0.25, -0.2) is 0 Å². The maximum Gasteiger partial charge on any atom is 0.309 e. The molecule has 0 bridgehead atoms. The fourth-order valence-electron chi connectivity index (χ4n) is 11.6. The van der Waals surface area contributed by atoms with Crippen molar-refractivity contribution in [3.63, 3.8) is 0 Å². The Morgan fingerprint density at radius 1 is 0.567 bits per heavy atom. The number of fused-ring (bicyclic) bond motifs is 6. The van der Waals surface area contributed by atoms with Gasteiger partial charge < -0.3 is 19.3 Å². The van der Waals surface area contributed by atoms with Crippen LogP contribution in [0.15, 0.2) is 12.2 Å². The lowest BCUT2D eigenvalue weighted by Gasteiger charge is -2.32. The molecule has 10 atom stereocenters. The Labute approximate surface area is 362 Å². The van der Waals surface area contributed by atoms with Crippen molar-refractivity contribution in [2.45, 2.75) is 183 Å². The minimum Gasteiger partial charge on any atom is -0.466 e. The number of ketones is 2. The van der Waals surface area contributed by atoms with Gasteiger partial charge in [-0.1, -0.05) is 105 Å². The molecule has 0 aromatic heterocycles. The van der Waals surface area contributed by atoms with Crippen molar-refractivity contribution in [3.05, 3.63) is 12.2 Å². The van der Waals surface area contributed by atoms with Gasteiger partial charge in [0.05, 0.1) is 37.1 Å². The second-order valence-corrected chi connectivity index (χ2v) is 20.6. The van der Waals surface area contributed by atoms with Gasteiger partial charge in [-0.3, -0.25) is 28.8 Å². The van der Waals surface area contributed by atoms with Crippen molar-refractivity contribution in [2.75, 3.05) is 26.3 Å². The first-order valence-corrected chi connectivity index (χ1v) is 24.2. The molecule has 10 nitrogen and oxygen atoms in total. The van der Waals surface area contributed by atoms with E-state index in [0.29, 0.717) is 51.0 Å². The number of nitrogens with zero attached hydrogens (tertiary/aromatic N) is 2. The third-order valence-electron chi connectivity index (χ3n) is 15.7. The number of piperidine rings is 2. The lowest BCUT2D eigenvalue weighted by molar-refractivity contribution is -0.151. The average Bonchev–Trinajstić information content (AvgIpc) is 3.66. The van der Waals surface area contributed by atoms with Crippen molar-refractivity contribution in [1.29, 1.82) is 0 Å². The smallest absolute Gasteiger partial charge is 0.309 e. The Balaban J connectivity index is 0.000000228. The highest BCUT2D eigenvalue weighted by atomic mass is 16.5. The van der Waals surface area contributed by atoms with Crippen LogP contribution in [0, 0.1) is 58.2 Å². The number of carbonyl (C=O) groups excluding carboxylic acids is 6. The SMILES string of the molecule is CCOC(=O)[C@@H]1CCCC/C=C/CCC[C@H](C)C(=O)N2C[C@H]3[C@@H]([C@H]2C(=O)C1)C3(C)C.CCOC(=O)[C@@H]1CCCCCCCCC[C@H](C)C(=O)N2C[C@H]3[C@@H]([C@H]2C(=O)C1)C3(C)C. The van der Waals surface area contributed by atoms with Gasteiger partial charge in [0.15, 0.2) is 11.6 Å². The van der Waals surface area contributed by atoms with Gasteiger partial charge in [-0.2, -0.15) is 0 Å². The fraction of sp³-hybridized carbons (Fsp3) is 0.840. The molecule has 0 aromatic rings. The number of ether oxygens (including phenoxy) is 2. The second kappa shape index (κ2) is 21.4. The molecule has 3 saturated heterocycles. The first-order chi connectivity index (χ1) is 28.6. The summed E-state index contributed by atoms with van der Waals surface area (Å²) in [4.78, 5) is 82.3. The van der Waals surface area contributed by atoms with Crippen LogP contribution >= 0.6 is 0 Å². The van der Waals surface area contributed by atoms with E-state index in [0.717, 1.165) is 64.2 Å². The summed E-state index contributed by atoms with van der Waals surface area (Å²) in [6.45, 7) is 18.5. The topological polar surface area (TPSA) is 127 Å². The number of esters is 2. The van der Waals surface area contributed by atoms with Crippen LogP contribution in [0.1, 0.15) is 171 Å². The summed E-state index contributed by atoms with van der Waals surface area (Å²) >= 11 is 0. The molecule has 338 valence electrons. The van der Waals surface area contributed by atoms with E-state index in [-0.39, 0.29) is 101 Å². The van der Waals surface area contributed by atoms with Crippen molar-refractivity contribution < 1.29 is 38.2 Å². The number of hydrogen-bond donors (Lipinski definition) is 0. The second-order valence-electron chi connectivity index (χ2n) is 20.6. The van der Waals surface area contributed by atoms with E-state index >= 15 is 0 Å². The summed E-state index contributed by atoms with van der Waals surface area (Å²) < 4.78 is 10.6. The summed E-state index contributed by atoms with van der Waals surface area (Å²) in [6.07, 6.45) is 20.8. The van der Waals surface area contributed by atoms with Crippen LogP contribution in [-0.2, 0) is 38.2 Å². The predicted molar refractivity (Wildman–Crippen MR) is 233 cm³/mol. The van der Waals surface area contributed by atoms with Crippen molar-refractivity contribution >= 4 is 35.3 Å². The molecule has 6 rings (SSSR count). The van der Waals surface area contributed by atoms with Gasteiger partial charge in [-0.05, 0) is 99.7 Å². The molecule has 2 aliphatic carbocycles. The molecule has 4 heterocycles. The van der Waals surface area contributed by atoms with E-state index < -0.39 is 5.92 Å². The van der Waals surface area contributed by atoms with Crippen LogP contribution in [0.2, 0.25) is 0 Å². The molecule has 0 spiro atoms. The first-order valence-electron chi connectivity index (χ1n) is 24.2. The molecule has 6 aliphatic rings. The van der Waals surface area contributed by atoms with Gasteiger partial charge in [0.25, 0.3) is 0 Å². The van der Waals surface area contributed by atoms with Gasteiger partial charge in [-0.15, -0.1) is 0 Å². The van der Waals surface area contributed by atoms with Crippen LogP contribution in [-0.4, -0.2) is 83.5 Å². The first kappa shape index (κ1) is 48.0. The largest absolute Gasteiger partial charge is 0.466 e. The molecule has 2 amide bonds. The molecule has 0 radical (unpaired) electrons. The number of carbonyl (C=O) groups is 6. The number of rotatable bonds is 4. The van der Waals surface area contributed by atoms with Gasteiger partial charge in [0, 0.05) is 37.8 Å². The lowest BCUT2D eigenvalue weighted by atomic mass is 9.88. The van der Waals surface area contributed by atoms with Crippen LogP contribution in [0.3, 0.4) is 0 Å². The van der Waals surface area contributed by atoms with E-state index in [9.17, 15) is 28.8 Å². The molecule has 4 aliphatic heterocycles. The summed E-state index contributed by atoms with van der Waals surface area (Å²) in [5.74, 6) is 0.255. The van der Waals surface area contributed by atoms with Crippen LogP contribution in [0.25, 0.3) is 0 Å². The minimum absolute atomic E-state index is 0.0327. The monoisotopic (exact) mass is 837 g/mol. The molecule has 5 fully saturated rings. The van der Waals surface area contributed by atoms with Crippen molar-refractivity contribution in [3.8, 4) is 0 Å². The average molecular weight is 837 g/mol. The highest BCUT2D eigenvalue weighted by Gasteiger charge is 2.70. The van der Waals surface area contributed by atoms with E-state index in [2.05, 4.69) is 39.8 Å². The van der Waals surface area contributed by atoms with Gasteiger partial charge >= 0.3 is 11.9 Å². The Morgan fingerprint density at radius 2 is 0.933 bits per heavy atom. The summed E-state index contributed by atoms with van der Waals surface area (Å²) in [5, 5.41) is 0. The zero-order valence-electron chi connectivity index (χ0n) is 38.6. The van der Waals surface area contributed by atoms with E-state index in [1.165, 1.54) is 25.7 Å². The van der Waals surface area contributed by atoms with Crippen molar-refractivity contribution in [2.24, 2.45) is 58.2 Å². The third kappa shape index (κ3) is 11.3. The van der Waals surface area contributed by atoms with E-state index in [4.69, 9.17) is 9.47 Å².